The number of hydrogen-bond donors (Lipinski definition) is 2. The highest BCUT2D eigenvalue weighted by Crippen LogP contribution is 2.64. The fourth-order valence-corrected chi connectivity index (χ4v) is 11.0. The average Bonchev–Trinajstić information content (AvgIpc) is 2.74. The van der Waals surface area contributed by atoms with E-state index in [0.29, 0.717) is 5.41 Å². The van der Waals surface area contributed by atoms with Crippen molar-refractivity contribution < 1.29 is 10.2 Å². The highest BCUT2D eigenvalue weighted by atomic mass is 16.3. The highest BCUT2D eigenvalue weighted by Gasteiger charge is 2.53. The molecule has 10 rings (SSSR count). The van der Waals surface area contributed by atoms with Crippen LogP contribution in [0.4, 0.5) is 0 Å². The largest absolute Gasteiger partial charge is 0.504 e. The summed E-state index contributed by atoms with van der Waals surface area (Å²) in [6.07, 6.45) is 16.4. The summed E-state index contributed by atoms with van der Waals surface area (Å²) in [5, 5.41) is 24.3. The Labute approximate surface area is 191 Å². The summed E-state index contributed by atoms with van der Waals surface area (Å²) in [7, 11) is 0. The molecule has 8 saturated carbocycles. The maximum absolute atomic E-state index is 11.2. The van der Waals surface area contributed by atoms with Crippen LogP contribution < -0.4 is 0 Å². The first-order valence-electron chi connectivity index (χ1n) is 13.5. The van der Waals surface area contributed by atoms with Crippen molar-refractivity contribution in [3.63, 3.8) is 0 Å². The molecule has 8 bridgehead atoms. The van der Waals surface area contributed by atoms with E-state index in [4.69, 9.17) is 0 Å². The second kappa shape index (κ2) is 6.05. The van der Waals surface area contributed by atoms with Crippen LogP contribution in [0.5, 0.6) is 11.5 Å². The Balaban J connectivity index is 1.26. The first kappa shape index (κ1) is 18.7. The van der Waals surface area contributed by atoms with Crippen LogP contribution in [0.2, 0.25) is 0 Å². The number of rotatable bonds is 2. The molecule has 0 radical (unpaired) electrons. The third-order valence-electron chi connectivity index (χ3n) is 11.3. The van der Waals surface area contributed by atoms with Gasteiger partial charge >= 0.3 is 0 Å². The molecule has 8 fully saturated rings. The summed E-state index contributed by atoms with van der Waals surface area (Å²) >= 11 is 0. The van der Waals surface area contributed by atoms with Crippen molar-refractivity contribution in [3.8, 4) is 11.5 Å². The van der Waals surface area contributed by atoms with Gasteiger partial charge in [-0.15, -0.1) is 0 Å². The van der Waals surface area contributed by atoms with Gasteiger partial charge in [0.2, 0.25) is 0 Å². The van der Waals surface area contributed by atoms with Gasteiger partial charge < -0.3 is 10.2 Å². The van der Waals surface area contributed by atoms with Crippen molar-refractivity contribution in [2.24, 2.45) is 35.5 Å². The lowest BCUT2D eigenvalue weighted by Crippen LogP contribution is -2.48. The third-order valence-corrected chi connectivity index (χ3v) is 11.3. The van der Waals surface area contributed by atoms with Gasteiger partial charge in [-0.25, -0.2) is 0 Å². The van der Waals surface area contributed by atoms with Gasteiger partial charge in [-0.2, -0.15) is 0 Å². The van der Waals surface area contributed by atoms with Crippen LogP contribution in [0.15, 0.2) is 24.3 Å². The molecule has 0 heterocycles. The van der Waals surface area contributed by atoms with E-state index in [1.54, 1.807) is 0 Å². The fraction of sp³-hybridized carbons (Fsp3) is 0.667. The second-order valence-corrected chi connectivity index (χ2v) is 13.5. The van der Waals surface area contributed by atoms with Crippen molar-refractivity contribution in [3.05, 3.63) is 35.4 Å². The van der Waals surface area contributed by atoms with Crippen molar-refractivity contribution in [2.75, 3.05) is 0 Å². The minimum absolute atomic E-state index is 0.0984. The van der Waals surface area contributed by atoms with E-state index in [-0.39, 0.29) is 16.9 Å². The zero-order valence-corrected chi connectivity index (χ0v) is 19.2. The summed E-state index contributed by atoms with van der Waals surface area (Å²) < 4.78 is 0. The van der Waals surface area contributed by atoms with Gasteiger partial charge in [-0.05, 0) is 140 Å². The highest BCUT2D eigenvalue weighted by molar-refractivity contribution is 5.92. The van der Waals surface area contributed by atoms with E-state index in [1.165, 1.54) is 88.0 Å². The van der Waals surface area contributed by atoms with Crippen LogP contribution >= 0.6 is 0 Å². The van der Waals surface area contributed by atoms with Gasteiger partial charge in [0.15, 0.2) is 11.5 Å². The molecule has 0 atom stereocenters. The summed E-state index contributed by atoms with van der Waals surface area (Å²) in [5.74, 6) is 5.62. The molecule has 2 N–H and O–H groups in total. The molecular formula is C30H36O2. The Kier molecular flexibility index (Phi) is 3.53. The number of phenols is 2. The number of phenolic OH excluding ortho intramolecular Hbond substituents is 2. The topological polar surface area (TPSA) is 40.5 Å². The monoisotopic (exact) mass is 428 g/mol. The fourth-order valence-electron chi connectivity index (χ4n) is 11.0. The van der Waals surface area contributed by atoms with E-state index in [1.807, 2.05) is 0 Å². The Morgan fingerprint density at radius 3 is 1.53 bits per heavy atom. The summed E-state index contributed by atoms with van der Waals surface area (Å²) in [6.45, 7) is 0. The van der Waals surface area contributed by atoms with Crippen LogP contribution in [-0.4, -0.2) is 10.2 Å². The summed E-state index contributed by atoms with van der Waals surface area (Å²) in [4.78, 5) is 0. The number of hydrogen-bond acceptors (Lipinski definition) is 2. The molecule has 0 amide bonds. The molecule has 0 unspecified atom stereocenters. The zero-order valence-electron chi connectivity index (χ0n) is 19.2. The van der Waals surface area contributed by atoms with Crippen molar-refractivity contribution in [1.82, 2.24) is 0 Å². The minimum atomic E-state index is 0.0984. The third kappa shape index (κ3) is 2.42. The van der Waals surface area contributed by atoms with Gasteiger partial charge in [0.05, 0.1) is 0 Å². The van der Waals surface area contributed by atoms with Gasteiger partial charge in [0.1, 0.15) is 0 Å². The maximum atomic E-state index is 11.2. The molecule has 8 aliphatic rings. The van der Waals surface area contributed by atoms with E-state index in [0.717, 1.165) is 46.5 Å². The average molecular weight is 429 g/mol. The number of benzene rings is 2. The standard InChI is InChI=1S/C30H36O2/c31-27-25-2-1-24(29-11-17-3-18(12-29)5-19(4-17)13-29)9-23(25)10-26(28(27)32)30-14-20-6-21(15-30)8-22(7-20)16-30/h1-2,9-10,17-22,31-32H,3-8,11-16H2. The smallest absolute Gasteiger partial charge is 0.165 e. The molecule has 0 aromatic heterocycles. The van der Waals surface area contributed by atoms with Crippen LogP contribution in [-0.2, 0) is 10.8 Å². The Hall–Kier alpha value is -1.70. The number of aromatic hydroxyl groups is 2. The van der Waals surface area contributed by atoms with Crippen molar-refractivity contribution in [1.29, 1.82) is 0 Å². The molecule has 0 aliphatic heterocycles. The Morgan fingerprint density at radius 2 is 1.03 bits per heavy atom. The summed E-state index contributed by atoms with van der Waals surface area (Å²) in [6, 6.07) is 9.13. The lowest BCUT2D eigenvalue weighted by atomic mass is 9.47. The van der Waals surface area contributed by atoms with E-state index in [9.17, 15) is 10.2 Å². The zero-order chi connectivity index (χ0) is 21.2. The normalized spacial score (nSPS) is 45.8. The predicted octanol–water partition coefficient (Wildman–Crippen LogP) is 7.19. The van der Waals surface area contributed by atoms with Crippen LogP contribution in [0, 0.1) is 35.5 Å². The molecule has 2 aromatic rings. The Morgan fingerprint density at radius 1 is 0.562 bits per heavy atom. The maximum Gasteiger partial charge on any atom is 0.165 e. The SMILES string of the molecule is Oc1c(C23CC4CC(CC(C4)C2)C3)cc2cc(C34CC5CC(CC(C5)C3)C4)ccc2c1O. The molecule has 2 aromatic carbocycles. The minimum Gasteiger partial charge on any atom is -0.504 e. The molecule has 8 aliphatic carbocycles. The molecule has 0 spiro atoms. The molecule has 32 heavy (non-hydrogen) atoms. The molecule has 2 nitrogen and oxygen atoms in total. The Bertz CT molecular complexity index is 1060. The molecule has 168 valence electrons. The van der Waals surface area contributed by atoms with Crippen molar-refractivity contribution in [2.45, 2.75) is 87.9 Å². The van der Waals surface area contributed by atoms with E-state index >= 15 is 0 Å². The first-order valence-corrected chi connectivity index (χ1v) is 13.5. The quantitative estimate of drug-likeness (QED) is 0.497. The van der Waals surface area contributed by atoms with Crippen LogP contribution in [0.1, 0.15) is 88.2 Å². The van der Waals surface area contributed by atoms with E-state index in [2.05, 4.69) is 24.3 Å². The molecule has 2 heteroatoms. The van der Waals surface area contributed by atoms with Gasteiger partial charge in [-0.3, -0.25) is 0 Å². The van der Waals surface area contributed by atoms with Gasteiger partial charge in [-0.1, -0.05) is 18.2 Å². The van der Waals surface area contributed by atoms with Gasteiger partial charge in [0.25, 0.3) is 0 Å². The predicted molar refractivity (Wildman–Crippen MR) is 127 cm³/mol. The molecular weight excluding hydrogens is 392 g/mol. The second-order valence-electron chi connectivity index (χ2n) is 13.5. The summed E-state index contributed by atoms with van der Waals surface area (Å²) in [5.41, 5.74) is 3.06. The van der Waals surface area contributed by atoms with Crippen molar-refractivity contribution >= 4 is 10.8 Å². The van der Waals surface area contributed by atoms with E-state index < -0.39 is 0 Å². The lowest BCUT2D eigenvalue weighted by molar-refractivity contribution is -0.00619. The van der Waals surface area contributed by atoms with Crippen LogP contribution in [0.3, 0.4) is 0 Å². The number of fused-ring (bicyclic) bond motifs is 1. The molecule has 0 saturated heterocycles. The lowest BCUT2D eigenvalue weighted by Gasteiger charge is -2.57. The van der Waals surface area contributed by atoms with Crippen LogP contribution in [0.25, 0.3) is 10.8 Å². The first-order chi connectivity index (χ1) is 15.5. The van der Waals surface area contributed by atoms with Gasteiger partial charge in [0, 0.05) is 10.9 Å².